The summed E-state index contributed by atoms with van der Waals surface area (Å²) in [6.45, 7) is 0. The highest BCUT2D eigenvalue weighted by molar-refractivity contribution is 6.08. The van der Waals surface area contributed by atoms with Crippen molar-refractivity contribution in [1.29, 1.82) is 0 Å². The minimum Gasteiger partial charge on any atom is -0.496 e. The molecule has 0 aliphatic carbocycles. The van der Waals surface area contributed by atoms with Gasteiger partial charge < -0.3 is 9.72 Å². The van der Waals surface area contributed by atoms with E-state index in [4.69, 9.17) is 4.74 Å². The third kappa shape index (κ3) is 1.11. The maximum absolute atomic E-state index is 5.37. The Kier molecular flexibility index (Phi) is 1.68. The molecule has 0 saturated heterocycles. The average molecular weight is 197 g/mol. The Bertz CT molecular complexity index is 625. The molecule has 0 amide bonds. The molecule has 0 saturated carbocycles. The van der Waals surface area contributed by atoms with Gasteiger partial charge in [-0.25, -0.2) is 0 Å². The smallest absolute Gasteiger partial charge is 0.128 e. The Morgan fingerprint density at radius 1 is 1.07 bits per heavy atom. The molecule has 0 spiro atoms. The second-order valence-corrected chi connectivity index (χ2v) is 3.57. The van der Waals surface area contributed by atoms with Gasteiger partial charge in [0.2, 0.25) is 0 Å². The number of aromatic amines is 1. The van der Waals surface area contributed by atoms with Crippen LogP contribution in [-0.2, 0) is 0 Å². The third-order valence-corrected chi connectivity index (χ3v) is 2.75. The molecule has 1 aromatic heterocycles. The minimum atomic E-state index is 0.921. The van der Waals surface area contributed by atoms with E-state index >= 15 is 0 Å². The van der Waals surface area contributed by atoms with Crippen LogP contribution >= 0.6 is 0 Å². The molecule has 0 bridgehead atoms. The van der Waals surface area contributed by atoms with Crippen molar-refractivity contribution in [2.75, 3.05) is 7.11 Å². The molecular formula is C13H11NO. The molecular weight excluding hydrogens is 186 g/mol. The highest BCUT2D eigenvalue weighted by Gasteiger charge is 2.06. The standard InChI is InChI=1S/C13H11NO/c1-15-12-8-9-4-2-3-5-10(9)13-11(12)6-7-14-13/h2-8,14H,1H3. The number of nitrogens with one attached hydrogen (secondary N) is 1. The molecule has 2 heteroatoms. The molecule has 0 fully saturated rings. The van der Waals surface area contributed by atoms with Gasteiger partial charge in [0.1, 0.15) is 5.75 Å². The second kappa shape index (κ2) is 3.02. The summed E-state index contributed by atoms with van der Waals surface area (Å²) in [5, 5.41) is 3.57. The summed E-state index contributed by atoms with van der Waals surface area (Å²) in [5.41, 5.74) is 1.14. The van der Waals surface area contributed by atoms with E-state index in [0.717, 1.165) is 16.7 Å². The number of rotatable bonds is 1. The zero-order valence-corrected chi connectivity index (χ0v) is 8.45. The van der Waals surface area contributed by atoms with Crippen molar-refractivity contribution in [2.24, 2.45) is 0 Å². The summed E-state index contributed by atoms with van der Waals surface area (Å²) in [6.07, 6.45) is 1.94. The topological polar surface area (TPSA) is 25.0 Å². The third-order valence-electron chi connectivity index (χ3n) is 2.75. The summed E-state index contributed by atoms with van der Waals surface area (Å²) in [4.78, 5) is 3.26. The van der Waals surface area contributed by atoms with Gasteiger partial charge in [-0.3, -0.25) is 0 Å². The van der Waals surface area contributed by atoms with Crippen molar-refractivity contribution in [3.8, 4) is 5.75 Å². The van der Waals surface area contributed by atoms with Crippen LogP contribution in [0.1, 0.15) is 0 Å². The highest BCUT2D eigenvalue weighted by Crippen LogP contribution is 2.32. The predicted octanol–water partition coefficient (Wildman–Crippen LogP) is 3.33. The summed E-state index contributed by atoms with van der Waals surface area (Å²) >= 11 is 0. The number of methoxy groups -OCH3 is 1. The van der Waals surface area contributed by atoms with Crippen molar-refractivity contribution < 1.29 is 4.74 Å². The predicted molar refractivity (Wildman–Crippen MR) is 62.4 cm³/mol. The van der Waals surface area contributed by atoms with E-state index in [-0.39, 0.29) is 0 Å². The molecule has 74 valence electrons. The van der Waals surface area contributed by atoms with Crippen molar-refractivity contribution in [3.63, 3.8) is 0 Å². The van der Waals surface area contributed by atoms with Crippen molar-refractivity contribution in [1.82, 2.24) is 4.98 Å². The summed E-state index contributed by atoms with van der Waals surface area (Å²) in [7, 11) is 1.70. The second-order valence-electron chi connectivity index (χ2n) is 3.57. The fourth-order valence-corrected chi connectivity index (χ4v) is 2.04. The van der Waals surface area contributed by atoms with Crippen LogP contribution in [0, 0.1) is 0 Å². The molecule has 0 radical (unpaired) electrons. The van der Waals surface area contributed by atoms with Gasteiger partial charge in [-0.1, -0.05) is 24.3 Å². The number of benzene rings is 2. The maximum Gasteiger partial charge on any atom is 0.128 e. The summed E-state index contributed by atoms with van der Waals surface area (Å²) < 4.78 is 5.37. The molecule has 0 aliphatic heterocycles. The zero-order valence-electron chi connectivity index (χ0n) is 8.45. The van der Waals surface area contributed by atoms with E-state index in [0.29, 0.717) is 0 Å². The van der Waals surface area contributed by atoms with Gasteiger partial charge in [0.15, 0.2) is 0 Å². The first-order valence-corrected chi connectivity index (χ1v) is 4.93. The Balaban J connectivity index is 2.57. The van der Waals surface area contributed by atoms with Gasteiger partial charge in [-0.05, 0) is 17.5 Å². The first kappa shape index (κ1) is 8.36. The van der Waals surface area contributed by atoms with Gasteiger partial charge in [0, 0.05) is 17.0 Å². The first-order valence-electron chi connectivity index (χ1n) is 4.93. The van der Waals surface area contributed by atoms with Crippen LogP contribution in [0.2, 0.25) is 0 Å². The SMILES string of the molecule is COc1cc2ccccc2c2[nH]ccc12. The Morgan fingerprint density at radius 2 is 1.93 bits per heavy atom. The lowest BCUT2D eigenvalue weighted by Gasteiger charge is -2.05. The summed E-state index contributed by atoms with van der Waals surface area (Å²) in [6, 6.07) is 12.4. The van der Waals surface area contributed by atoms with Gasteiger partial charge >= 0.3 is 0 Å². The number of fused-ring (bicyclic) bond motifs is 3. The normalized spacial score (nSPS) is 11.0. The zero-order chi connectivity index (χ0) is 10.3. The van der Waals surface area contributed by atoms with Gasteiger partial charge in [0.25, 0.3) is 0 Å². The van der Waals surface area contributed by atoms with Crippen molar-refractivity contribution in [2.45, 2.75) is 0 Å². The van der Waals surface area contributed by atoms with Crippen LogP contribution in [0.5, 0.6) is 5.75 Å². The van der Waals surface area contributed by atoms with E-state index in [1.54, 1.807) is 7.11 Å². The number of aromatic nitrogens is 1. The lowest BCUT2D eigenvalue weighted by atomic mass is 10.1. The highest BCUT2D eigenvalue weighted by atomic mass is 16.5. The van der Waals surface area contributed by atoms with E-state index in [1.165, 1.54) is 10.8 Å². The molecule has 1 N–H and O–H groups in total. The van der Waals surface area contributed by atoms with E-state index in [1.807, 2.05) is 18.3 Å². The molecule has 1 heterocycles. The van der Waals surface area contributed by atoms with Gasteiger partial charge in [0.05, 0.1) is 12.6 Å². The van der Waals surface area contributed by atoms with Crippen molar-refractivity contribution in [3.05, 3.63) is 42.6 Å². The average Bonchev–Trinajstić information content (AvgIpc) is 2.77. The largest absolute Gasteiger partial charge is 0.496 e. The Hall–Kier alpha value is -1.96. The van der Waals surface area contributed by atoms with Crippen molar-refractivity contribution >= 4 is 21.7 Å². The molecule has 3 aromatic rings. The number of H-pyrrole nitrogens is 1. The van der Waals surface area contributed by atoms with E-state index in [9.17, 15) is 0 Å². The number of ether oxygens (including phenoxy) is 1. The van der Waals surface area contributed by atoms with E-state index < -0.39 is 0 Å². The monoisotopic (exact) mass is 197 g/mol. The van der Waals surface area contributed by atoms with Crippen LogP contribution in [-0.4, -0.2) is 12.1 Å². The quantitative estimate of drug-likeness (QED) is 0.636. The Labute approximate surface area is 87.5 Å². The molecule has 0 aliphatic rings. The number of hydrogen-bond donors (Lipinski definition) is 1. The van der Waals surface area contributed by atoms with E-state index in [2.05, 4.69) is 29.2 Å². The van der Waals surface area contributed by atoms with Crippen LogP contribution in [0.15, 0.2) is 42.6 Å². The molecule has 0 unspecified atom stereocenters. The van der Waals surface area contributed by atoms with Crippen LogP contribution in [0.3, 0.4) is 0 Å². The molecule has 2 aromatic carbocycles. The summed E-state index contributed by atoms with van der Waals surface area (Å²) in [5.74, 6) is 0.921. The lowest BCUT2D eigenvalue weighted by molar-refractivity contribution is 0.420. The molecule has 15 heavy (non-hydrogen) atoms. The first-order chi connectivity index (χ1) is 7.40. The molecule has 0 atom stereocenters. The Morgan fingerprint density at radius 3 is 2.80 bits per heavy atom. The van der Waals surface area contributed by atoms with Crippen LogP contribution in [0.25, 0.3) is 21.7 Å². The molecule has 3 rings (SSSR count). The fourth-order valence-electron chi connectivity index (χ4n) is 2.04. The van der Waals surface area contributed by atoms with Gasteiger partial charge in [-0.15, -0.1) is 0 Å². The van der Waals surface area contributed by atoms with Gasteiger partial charge in [-0.2, -0.15) is 0 Å². The minimum absolute atomic E-state index is 0.921. The fraction of sp³-hybridized carbons (Fsp3) is 0.0769. The van der Waals surface area contributed by atoms with Crippen LogP contribution < -0.4 is 4.74 Å². The lowest BCUT2D eigenvalue weighted by Crippen LogP contribution is -1.84. The maximum atomic E-state index is 5.37. The molecule has 2 nitrogen and oxygen atoms in total. The number of hydrogen-bond acceptors (Lipinski definition) is 1. The van der Waals surface area contributed by atoms with Crippen LogP contribution in [0.4, 0.5) is 0 Å².